The first-order valence-corrected chi connectivity index (χ1v) is 12.1. The van der Waals surface area contributed by atoms with E-state index in [0.29, 0.717) is 30.5 Å². The van der Waals surface area contributed by atoms with Crippen LogP contribution in [0.3, 0.4) is 0 Å². The maximum Gasteiger partial charge on any atom is 0.243 e. The van der Waals surface area contributed by atoms with Crippen LogP contribution in [-0.2, 0) is 29.0 Å². The number of hydrogen-bond acceptors (Lipinski definition) is 2. The van der Waals surface area contributed by atoms with Crippen molar-refractivity contribution in [1.82, 2.24) is 10.2 Å². The predicted octanol–water partition coefficient (Wildman–Crippen LogP) is 5.60. The van der Waals surface area contributed by atoms with Gasteiger partial charge in [0, 0.05) is 24.5 Å². The first kappa shape index (κ1) is 25.5. The molecule has 3 aromatic carbocycles. The van der Waals surface area contributed by atoms with Crippen molar-refractivity contribution in [2.45, 2.75) is 46.2 Å². The number of halogens is 1. The van der Waals surface area contributed by atoms with Crippen LogP contribution in [0.15, 0.2) is 78.9 Å². The zero-order valence-corrected chi connectivity index (χ0v) is 20.9. The summed E-state index contributed by atoms with van der Waals surface area (Å²) in [6.45, 7) is 7.08. The Balaban J connectivity index is 1.96. The maximum atomic E-state index is 13.7. The second kappa shape index (κ2) is 12.4. The number of carbonyl (C=O) groups is 2. The number of carbonyl (C=O) groups excluding carboxylic acids is 2. The molecule has 0 saturated heterocycles. The van der Waals surface area contributed by atoms with Crippen molar-refractivity contribution >= 4 is 23.4 Å². The molecule has 3 aromatic rings. The second-order valence-corrected chi connectivity index (χ2v) is 9.53. The summed E-state index contributed by atoms with van der Waals surface area (Å²) in [5.41, 5.74) is 4.00. The van der Waals surface area contributed by atoms with Gasteiger partial charge in [-0.1, -0.05) is 92.2 Å². The lowest BCUT2D eigenvalue weighted by Gasteiger charge is -2.32. The molecule has 2 amide bonds. The highest BCUT2D eigenvalue weighted by atomic mass is 35.5. The monoisotopic (exact) mass is 476 g/mol. The lowest BCUT2D eigenvalue weighted by atomic mass is 10.00. The van der Waals surface area contributed by atoms with Gasteiger partial charge in [-0.15, -0.1) is 0 Å². The Bertz CT molecular complexity index is 1080. The zero-order valence-electron chi connectivity index (χ0n) is 20.1. The van der Waals surface area contributed by atoms with Gasteiger partial charge in [0.1, 0.15) is 6.04 Å². The average molecular weight is 477 g/mol. The minimum atomic E-state index is -0.624. The zero-order chi connectivity index (χ0) is 24.5. The lowest BCUT2D eigenvalue weighted by Crippen LogP contribution is -2.51. The van der Waals surface area contributed by atoms with E-state index in [1.54, 1.807) is 17.0 Å². The minimum absolute atomic E-state index is 0.0915. The Morgan fingerprint density at radius 1 is 0.882 bits per heavy atom. The second-order valence-electron chi connectivity index (χ2n) is 9.10. The van der Waals surface area contributed by atoms with E-state index in [1.165, 1.54) is 0 Å². The molecule has 0 bridgehead atoms. The van der Waals surface area contributed by atoms with E-state index in [0.717, 1.165) is 22.3 Å². The van der Waals surface area contributed by atoms with Gasteiger partial charge in [-0.25, -0.2) is 0 Å². The largest absolute Gasteiger partial charge is 0.354 e. The van der Waals surface area contributed by atoms with Crippen LogP contribution in [0.25, 0.3) is 0 Å². The van der Waals surface area contributed by atoms with Crippen molar-refractivity contribution < 1.29 is 9.59 Å². The molecule has 0 heterocycles. The summed E-state index contributed by atoms with van der Waals surface area (Å²) in [6.07, 6.45) is 0.648. The van der Waals surface area contributed by atoms with Crippen LogP contribution in [-0.4, -0.2) is 29.3 Å². The SMILES string of the molecule is Cc1ccccc1CN(C(=O)Cc1ccc(Cl)cc1)[C@@H](Cc1ccccc1)C(=O)NCC(C)C. The number of aryl methyl sites for hydroxylation is 1. The van der Waals surface area contributed by atoms with Gasteiger partial charge in [-0.05, 0) is 47.2 Å². The average Bonchev–Trinajstić information content (AvgIpc) is 2.83. The van der Waals surface area contributed by atoms with E-state index in [-0.39, 0.29) is 18.2 Å². The maximum absolute atomic E-state index is 13.7. The van der Waals surface area contributed by atoms with Gasteiger partial charge in [0.15, 0.2) is 0 Å². The van der Waals surface area contributed by atoms with Crippen molar-refractivity contribution in [3.63, 3.8) is 0 Å². The van der Waals surface area contributed by atoms with Crippen molar-refractivity contribution in [3.05, 3.63) is 106 Å². The number of hydrogen-bond donors (Lipinski definition) is 1. The van der Waals surface area contributed by atoms with Crippen LogP contribution in [0.2, 0.25) is 5.02 Å². The number of amides is 2. The normalized spacial score (nSPS) is 11.8. The topological polar surface area (TPSA) is 49.4 Å². The molecule has 0 aliphatic heterocycles. The molecule has 1 atom stereocenters. The van der Waals surface area contributed by atoms with Crippen LogP contribution < -0.4 is 5.32 Å². The molecule has 0 saturated carbocycles. The highest BCUT2D eigenvalue weighted by molar-refractivity contribution is 6.30. The van der Waals surface area contributed by atoms with Gasteiger partial charge in [-0.3, -0.25) is 9.59 Å². The van der Waals surface area contributed by atoms with Gasteiger partial charge >= 0.3 is 0 Å². The van der Waals surface area contributed by atoms with Crippen molar-refractivity contribution in [3.8, 4) is 0 Å². The fraction of sp³-hybridized carbons (Fsp3) is 0.310. The van der Waals surface area contributed by atoms with Gasteiger partial charge in [0.2, 0.25) is 11.8 Å². The van der Waals surface area contributed by atoms with Gasteiger partial charge in [-0.2, -0.15) is 0 Å². The summed E-state index contributed by atoms with van der Waals surface area (Å²) in [5, 5.41) is 3.69. The summed E-state index contributed by atoms with van der Waals surface area (Å²) >= 11 is 6.03. The number of rotatable bonds is 10. The molecule has 0 aromatic heterocycles. The number of nitrogens with one attached hydrogen (secondary N) is 1. The molecule has 3 rings (SSSR count). The van der Waals surface area contributed by atoms with E-state index in [2.05, 4.69) is 19.2 Å². The summed E-state index contributed by atoms with van der Waals surface area (Å²) in [6, 6.07) is 24.5. The fourth-order valence-electron chi connectivity index (χ4n) is 3.83. The van der Waals surface area contributed by atoms with E-state index in [1.807, 2.05) is 73.7 Å². The first-order chi connectivity index (χ1) is 16.3. The van der Waals surface area contributed by atoms with Crippen LogP contribution in [0.5, 0.6) is 0 Å². The lowest BCUT2D eigenvalue weighted by molar-refractivity contribution is -0.140. The Kier molecular flexibility index (Phi) is 9.29. The molecule has 0 radical (unpaired) electrons. The molecule has 5 heteroatoms. The predicted molar refractivity (Wildman–Crippen MR) is 139 cm³/mol. The van der Waals surface area contributed by atoms with Gasteiger partial charge in [0.05, 0.1) is 6.42 Å². The van der Waals surface area contributed by atoms with Crippen LogP contribution in [0.4, 0.5) is 0 Å². The quantitative estimate of drug-likeness (QED) is 0.414. The van der Waals surface area contributed by atoms with E-state index >= 15 is 0 Å². The Hall–Kier alpha value is -3.11. The van der Waals surface area contributed by atoms with Crippen molar-refractivity contribution in [2.75, 3.05) is 6.54 Å². The molecule has 0 unspecified atom stereocenters. The smallest absolute Gasteiger partial charge is 0.243 e. The van der Waals surface area contributed by atoms with E-state index < -0.39 is 6.04 Å². The van der Waals surface area contributed by atoms with Crippen LogP contribution >= 0.6 is 11.6 Å². The first-order valence-electron chi connectivity index (χ1n) is 11.7. The van der Waals surface area contributed by atoms with Gasteiger partial charge in [0.25, 0.3) is 0 Å². The standard InChI is InChI=1S/C29H33ClN2O2/c1-21(2)19-31-29(34)27(17-23-10-5-4-6-11-23)32(20-25-12-8-7-9-22(25)3)28(33)18-24-13-15-26(30)16-14-24/h4-16,21,27H,17-20H2,1-3H3,(H,31,34)/t27-/m0/s1. The molecule has 0 fully saturated rings. The molecule has 178 valence electrons. The Morgan fingerprint density at radius 3 is 2.18 bits per heavy atom. The third kappa shape index (κ3) is 7.46. The van der Waals surface area contributed by atoms with Crippen LogP contribution in [0, 0.1) is 12.8 Å². The van der Waals surface area contributed by atoms with E-state index in [9.17, 15) is 9.59 Å². The Morgan fingerprint density at radius 2 is 1.53 bits per heavy atom. The molecule has 0 spiro atoms. The highest BCUT2D eigenvalue weighted by Gasteiger charge is 2.30. The summed E-state index contributed by atoms with van der Waals surface area (Å²) in [5.74, 6) is 0.0951. The number of benzene rings is 3. The minimum Gasteiger partial charge on any atom is -0.354 e. The van der Waals surface area contributed by atoms with Crippen LogP contribution in [0.1, 0.15) is 36.1 Å². The summed E-state index contributed by atoms with van der Waals surface area (Å²) in [4.78, 5) is 28.9. The molecule has 0 aliphatic rings. The molecule has 4 nitrogen and oxygen atoms in total. The molecule has 0 aliphatic carbocycles. The third-order valence-corrected chi connectivity index (χ3v) is 6.08. The van der Waals surface area contributed by atoms with Crippen molar-refractivity contribution in [2.24, 2.45) is 5.92 Å². The van der Waals surface area contributed by atoms with Gasteiger partial charge < -0.3 is 10.2 Å². The summed E-state index contributed by atoms with van der Waals surface area (Å²) < 4.78 is 0. The molecular weight excluding hydrogens is 444 g/mol. The summed E-state index contributed by atoms with van der Waals surface area (Å²) in [7, 11) is 0. The third-order valence-electron chi connectivity index (χ3n) is 5.83. The Labute approximate surface area is 207 Å². The highest BCUT2D eigenvalue weighted by Crippen LogP contribution is 2.19. The number of nitrogens with zero attached hydrogens (tertiary/aromatic N) is 1. The van der Waals surface area contributed by atoms with Crippen molar-refractivity contribution in [1.29, 1.82) is 0 Å². The fourth-order valence-corrected chi connectivity index (χ4v) is 3.95. The molecule has 1 N–H and O–H groups in total. The van der Waals surface area contributed by atoms with E-state index in [4.69, 9.17) is 11.6 Å². The molecular formula is C29H33ClN2O2. The molecule has 34 heavy (non-hydrogen) atoms.